The van der Waals surface area contributed by atoms with Crippen LogP contribution in [0.2, 0.25) is 0 Å². The molecule has 0 aromatic carbocycles. The molecule has 0 rings (SSSR count). The summed E-state index contributed by atoms with van der Waals surface area (Å²) >= 11 is 0. The van der Waals surface area contributed by atoms with Crippen LogP contribution in [0.5, 0.6) is 0 Å². The minimum absolute atomic E-state index is 0.00571. The molecule has 0 aromatic rings. The normalized spacial score (nSPS) is 12.7. The van der Waals surface area contributed by atoms with Crippen LogP contribution in [0, 0.1) is 0 Å². The number of aliphatic hydroxyl groups excluding tert-OH is 2. The Kier molecular flexibility index (Phi) is 61.4. The van der Waals surface area contributed by atoms with Gasteiger partial charge in [0.05, 0.1) is 25.4 Å². The summed E-state index contributed by atoms with van der Waals surface area (Å²) in [5, 5.41) is 23.4. The van der Waals surface area contributed by atoms with Crippen molar-refractivity contribution in [2.24, 2.45) is 0 Å². The van der Waals surface area contributed by atoms with Gasteiger partial charge in [0.25, 0.3) is 0 Å². The summed E-state index contributed by atoms with van der Waals surface area (Å²) in [5.41, 5.74) is 0. The van der Waals surface area contributed by atoms with Crippen LogP contribution in [-0.4, -0.2) is 47.4 Å². The van der Waals surface area contributed by atoms with E-state index in [0.29, 0.717) is 25.9 Å². The van der Waals surface area contributed by atoms with Gasteiger partial charge in [0, 0.05) is 12.8 Å². The maximum atomic E-state index is 12.5. The number of aliphatic hydroxyl groups is 2. The maximum Gasteiger partial charge on any atom is 0.305 e. The van der Waals surface area contributed by atoms with E-state index in [1.165, 1.54) is 283 Å². The molecule has 6 heteroatoms. The number of nitrogens with one attached hydrogen (secondary N) is 1. The van der Waals surface area contributed by atoms with Crippen LogP contribution >= 0.6 is 0 Å². The number of rotatable bonds is 62. The number of esters is 1. The molecule has 432 valence electrons. The number of carbonyl (C=O) groups is 2. The Morgan fingerprint density at radius 1 is 0.384 bits per heavy atom. The number of hydrogen-bond acceptors (Lipinski definition) is 5. The predicted molar refractivity (Wildman–Crippen MR) is 320 cm³/mol. The Morgan fingerprint density at radius 3 is 1.07 bits per heavy atom. The fraction of sp³-hybridized carbons (Fsp3) is 0.910. The second-order valence-corrected chi connectivity index (χ2v) is 22.8. The van der Waals surface area contributed by atoms with Crippen LogP contribution in [0.25, 0.3) is 0 Å². The molecule has 0 aromatic heterocycles. The molecule has 3 N–H and O–H groups in total. The molecule has 2 unspecified atom stereocenters. The maximum absolute atomic E-state index is 12.5. The molecule has 2 atom stereocenters. The first-order valence-electron chi connectivity index (χ1n) is 33.1. The first-order chi connectivity index (χ1) is 36.0. The number of amides is 1. The van der Waals surface area contributed by atoms with Crippen LogP contribution in [0.4, 0.5) is 0 Å². The lowest BCUT2D eigenvalue weighted by Crippen LogP contribution is -2.45. The van der Waals surface area contributed by atoms with E-state index in [2.05, 4.69) is 43.5 Å². The van der Waals surface area contributed by atoms with Crippen molar-refractivity contribution >= 4 is 11.9 Å². The van der Waals surface area contributed by atoms with Gasteiger partial charge in [0.15, 0.2) is 0 Å². The molecule has 73 heavy (non-hydrogen) atoms. The minimum Gasteiger partial charge on any atom is -0.466 e. The predicted octanol–water partition coefficient (Wildman–Crippen LogP) is 21.0. The third-order valence-electron chi connectivity index (χ3n) is 15.5. The minimum atomic E-state index is -0.669. The lowest BCUT2D eigenvalue weighted by atomic mass is 10.0. The zero-order valence-electron chi connectivity index (χ0n) is 49.4. The van der Waals surface area contributed by atoms with Crippen molar-refractivity contribution in [3.05, 3.63) is 24.3 Å². The lowest BCUT2D eigenvalue weighted by molar-refractivity contribution is -0.143. The van der Waals surface area contributed by atoms with E-state index in [-0.39, 0.29) is 18.5 Å². The second-order valence-electron chi connectivity index (χ2n) is 22.8. The molecule has 1 amide bonds. The summed E-state index contributed by atoms with van der Waals surface area (Å²) in [6.45, 7) is 4.94. The van der Waals surface area contributed by atoms with Crippen molar-refractivity contribution in [3.63, 3.8) is 0 Å². The molecular formula is C67H129NO5. The van der Waals surface area contributed by atoms with Crippen LogP contribution in [-0.2, 0) is 14.3 Å². The van der Waals surface area contributed by atoms with Gasteiger partial charge in [-0.05, 0) is 57.8 Å². The second kappa shape index (κ2) is 62.9. The van der Waals surface area contributed by atoms with Crippen molar-refractivity contribution in [1.29, 1.82) is 0 Å². The summed E-state index contributed by atoms with van der Waals surface area (Å²) in [6.07, 6.45) is 77.7. The van der Waals surface area contributed by atoms with Gasteiger partial charge in [-0.15, -0.1) is 0 Å². The lowest BCUT2D eigenvalue weighted by Gasteiger charge is -2.22. The first-order valence-corrected chi connectivity index (χ1v) is 33.1. The molecule has 0 saturated carbocycles. The molecule has 0 aliphatic heterocycles. The number of allylic oxidation sites excluding steroid dienone is 4. The van der Waals surface area contributed by atoms with Crippen molar-refractivity contribution in [3.8, 4) is 0 Å². The number of carbonyl (C=O) groups excluding carboxylic acids is 2. The quantitative estimate of drug-likeness (QED) is 0.0320. The highest BCUT2D eigenvalue weighted by molar-refractivity contribution is 5.76. The Hall–Kier alpha value is -1.66. The highest BCUT2D eigenvalue weighted by atomic mass is 16.5. The third-order valence-corrected chi connectivity index (χ3v) is 15.5. The molecule has 0 heterocycles. The highest BCUT2D eigenvalue weighted by Crippen LogP contribution is 2.19. The Labute approximate surface area is 456 Å². The molecule has 0 radical (unpaired) electrons. The molecular weight excluding hydrogens is 899 g/mol. The summed E-state index contributed by atoms with van der Waals surface area (Å²) in [7, 11) is 0. The first kappa shape index (κ1) is 71.3. The number of ether oxygens (including phenoxy) is 1. The van der Waals surface area contributed by atoms with Crippen LogP contribution in [0.15, 0.2) is 24.3 Å². The van der Waals surface area contributed by atoms with E-state index in [4.69, 9.17) is 4.74 Å². The zero-order valence-corrected chi connectivity index (χ0v) is 49.4. The van der Waals surface area contributed by atoms with Crippen molar-refractivity contribution < 1.29 is 24.5 Å². The molecule has 0 aliphatic carbocycles. The molecule has 6 nitrogen and oxygen atoms in total. The molecule has 0 aliphatic rings. The van der Waals surface area contributed by atoms with Gasteiger partial charge < -0.3 is 20.3 Å². The molecule has 0 fully saturated rings. The van der Waals surface area contributed by atoms with Crippen molar-refractivity contribution in [2.45, 2.75) is 379 Å². The van der Waals surface area contributed by atoms with Gasteiger partial charge in [-0.25, -0.2) is 0 Å². The molecule has 0 spiro atoms. The van der Waals surface area contributed by atoms with E-state index < -0.39 is 12.1 Å². The third kappa shape index (κ3) is 59.4. The van der Waals surface area contributed by atoms with Crippen molar-refractivity contribution in [1.82, 2.24) is 5.32 Å². The number of hydrogen-bond donors (Lipinski definition) is 3. The van der Waals surface area contributed by atoms with Crippen LogP contribution in [0.1, 0.15) is 367 Å². The van der Waals surface area contributed by atoms with E-state index in [0.717, 1.165) is 51.4 Å². The average Bonchev–Trinajstić information content (AvgIpc) is 3.39. The van der Waals surface area contributed by atoms with Gasteiger partial charge in [0.2, 0.25) is 5.91 Å². The summed E-state index contributed by atoms with van der Waals surface area (Å²) in [6, 6.07) is -0.546. The summed E-state index contributed by atoms with van der Waals surface area (Å²) in [5.74, 6) is -0.0409. The monoisotopic (exact) mass is 1030 g/mol. The van der Waals surface area contributed by atoms with E-state index >= 15 is 0 Å². The summed E-state index contributed by atoms with van der Waals surface area (Å²) in [4.78, 5) is 24.6. The van der Waals surface area contributed by atoms with Crippen molar-refractivity contribution in [2.75, 3.05) is 13.2 Å². The largest absolute Gasteiger partial charge is 0.466 e. The standard InChI is InChI=1S/C67H129NO5/c1-3-5-7-9-11-13-15-17-19-20-21-22-23-24-25-28-32-35-39-43-47-51-55-59-65(70)64(63-69)68-66(71)60-56-52-48-44-40-36-33-29-26-27-30-34-38-42-46-50-54-58-62-73-67(72)61-57-53-49-45-41-37-31-18-16-14-12-10-8-6-4-2/h12,14,18,31,64-65,69-70H,3-11,13,15-17,19-30,32-63H2,1-2H3,(H,68,71)/b14-12-,31-18-. The Balaban J connectivity index is 3.41. The fourth-order valence-electron chi connectivity index (χ4n) is 10.4. The zero-order chi connectivity index (χ0) is 52.9. The van der Waals surface area contributed by atoms with Gasteiger partial charge >= 0.3 is 5.97 Å². The molecule has 0 saturated heterocycles. The van der Waals surface area contributed by atoms with Gasteiger partial charge in [0.1, 0.15) is 0 Å². The molecule has 0 bridgehead atoms. The Morgan fingerprint density at radius 2 is 0.685 bits per heavy atom. The van der Waals surface area contributed by atoms with E-state index in [9.17, 15) is 19.8 Å². The average molecular weight is 1030 g/mol. The van der Waals surface area contributed by atoms with Gasteiger partial charge in [-0.1, -0.05) is 321 Å². The topological polar surface area (TPSA) is 95.9 Å². The van der Waals surface area contributed by atoms with Gasteiger partial charge in [-0.3, -0.25) is 9.59 Å². The summed E-state index contributed by atoms with van der Waals surface area (Å²) < 4.78 is 5.48. The smallest absolute Gasteiger partial charge is 0.305 e. The SMILES string of the molecule is CCCCC/C=C\C/C=C\CCCCCCCC(=O)OCCCCCCCCCCCCCCCCCCCCC(=O)NC(CO)C(O)CCCCCCCCCCCCCCCCCCCCCCCCC. The highest BCUT2D eigenvalue weighted by Gasteiger charge is 2.20. The van der Waals surface area contributed by atoms with Crippen LogP contribution in [0.3, 0.4) is 0 Å². The number of unbranched alkanes of at least 4 members (excludes halogenated alkanes) is 47. The van der Waals surface area contributed by atoms with E-state index in [1.54, 1.807) is 0 Å². The van der Waals surface area contributed by atoms with Gasteiger partial charge in [-0.2, -0.15) is 0 Å². The fourth-order valence-corrected chi connectivity index (χ4v) is 10.4. The van der Waals surface area contributed by atoms with E-state index in [1.807, 2.05) is 0 Å². The van der Waals surface area contributed by atoms with Crippen LogP contribution < -0.4 is 5.32 Å². The Bertz CT molecular complexity index is 1140.